The molecule has 24 heavy (non-hydrogen) atoms. The summed E-state index contributed by atoms with van der Waals surface area (Å²) in [5.41, 5.74) is 1.93. The number of carbonyl (C=O) groups excluding carboxylic acids is 2. The minimum atomic E-state index is -0.528. The highest BCUT2D eigenvalue weighted by molar-refractivity contribution is 7.09. The molecule has 0 fully saturated rings. The normalized spacial score (nSPS) is 11.5. The van der Waals surface area contributed by atoms with Crippen LogP contribution in [0.3, 0.4) is 0 Å². The Hall–Kier alpha value is -2.61. The minimum Gasteiger partial charge on any atom is -0.450 e. The number of nitrogens with zero attached hydrogens (tertiary/aromatic N) is 1. The van der Waals surface area contributed by atoms with Crippen molar-refractivity contribution in [2.24, 2.45) is 0 Å². The highest BCUT2D eigenvalue weighted by atomic mass is 32.1. The summed E-state index contributed by atoms with van der Waals surface area (Å²) in [7, 11) is 0. The van der Waals surface area contributed by atoms with Crippen molar-refractivity contribution in [2.45, 2.75) is 26.8 Å². The molecule has 0 spiro atoms. The number of amides is 3. The lowest BCUT2D eigenvalue weighted by Gasteiger charge is -2.15. The second-order valence-electron chi connectivity index (χ2n) is 5.01. The first-order chi connectivity index (χ1) is 11.5. The van der Waals surface area contributed by atoms with E-state index in [2.05, 4.69) is 20.9 Å². The molecule has 1 aromatic heterocycles. The van der Waals surface area contributed by atoms with Crippen LogP contribution in [0, 0.1) is 6.92 Å². The van der Waals surface area contributed by atoms with E-state index >= 15 is 0 Å². The molecule has 7 nitrogen and oxygen atoms in total. The standard InChI is InChI=1S/C16H20N4O3S/c1-4-23-16(22)20-13-7-5-6-12(10(13)2)19-15(21)18-11(3)14-17-8-9-24-14/h5-9,11H,4H2,1-3H3,(H,20,22)(H2,18,19,21). The van der Waals surface area contributed by atoms with E-state index in [0.717, 1.165) is 10.6 Å². The molecule has 1 atom stereocenters. The monoisotopic (exact) mass is 348 g/mol. The first kappa shape index (κ1) is 17.7. The summed E-state index contributed by atoms with van der Waals surface area (Å²) in [6, 6.07) is 4.72. The van der Waals surface area contributed by atoms with E-state index < -0.39 is 6.09 Å². The van der Waals surface area contributed by atoms with Gasteiger partial charge in [-0.25, -0.2) is 14.6 Å². The van der Waals surface area contributed by atoms with Crippen LogP contribution < -0.4 is 16.0 Å². The van der Waals surface area contributed by atoms with Crippen molar-refractivity contribution in [3.05, 3.63) is 40.3 Å². The third-order valence-corrected chi connectivity index (χ3v) is 4.22. The molecule has 0 aliphatic rings. The Kier molecular flexibility index (Phi) is 6.14. The van der Waals surface area contributed by atoms with Gasteiger partial charge in [0.15, 0.2) is 0 Å². The zero-order chi connectivity index (χ0) is 17.5. The van der Waals surface area contributed by atoms with Crippen molar-refractivity contribution in [1.82, 2.24) is 10.3 Å². The number of thiazole rings is 1. The van der Waals surface area contributed by atoms with Gasteiger partial charge in [0.2, 0.25) is 0 Å². The number of carbonyl (C=O) groups is 2. The SMILES string of the molecule is CCOC(=O)Nc1cccc(NC(=O)NC(C)c2nccs2)c1C. The van der Waals surface area contributed by atoms with E-state index in [4.69, 9.17) is 4.74 Å². The molecule has 0 saturated carbocycles. The lowest BCUT2D eigenvalue weighted by atomic mass is 10.1. The summed E-state index contributed by atoms with van der Waals surface area (Å²) in [5, 5.41) is 10.9. The average Bonchev–Trinajstić information content (AvgIpc) is 3.06. The molecule has 0 radical (unpaired) electrons. The van der Waals surface area contributed by atoms with Gasteiger partial charge in [0.05, 0.1) is 12.6 Å². The molecule has 128 valence electrons. The second-order valence-corrected chi connectivity index (χ2v) is 5.94. The summed E-state index contributed by atoms with van der Waals surface area (Å²) in [6.45, 7) is 5.70. The van der Waals surface area contributed by atoms with Gasteiger partial charge in [0, 0.05) is 23.0 Å². The van der Waals surface area contributed by atoms with Crippen LogP contribution in [-0.4, -0.2) is 23.7 Å². The number of urea groups is 1. The van der Waals surface area contributed by atoms with Gasteiger partial charge in [-0.1, -0.05) is 6.07 Å². The summed E-state index contributed by atoms with van der Waals surface area (Å²) < 4.78 is 4.86. The Balaban J connectivity index is 2.01. The van der Waals surface area contributed by atoms with Crippen LogP contribution in [0.4, 0.5) is 21.0 Å². The van der Waals surface area contributed by atoms with Gasteiger partial charge in [-0.15, -0.1) is 11.3 Å². The Morgan fingerprint density at radius 3 is 2.62 bits per heavy atom. The van der Waals surface area contributed by atoms with Crippen molar-refractivity contribution in [2.75, 3.05) is 17.2 Å². The highest BCUT2D eigenvalue weighted by Crippen LogP contribution is 2.24. The van der Waals surface area contributed by atoms with Crippen molar-refractivity contribution in [1.29, 1.82) is 0 Å². The van der Waals surface area contributed by atoms with E-state index in [9.17, 15) is 9.59 Å². The van der Waals surface area contributed by atoms with Crippen molar-refractivity contribution in [3.8, 4) is 0 Å². The summed E-state index contributed by atoms with van der Waals surface area (Å²) in [4.78, 5) is 27.9. The average molecular weight is 348 g/mol. The number of hydrogen-bond acceptors (Lipinski definition) is 5. The number of hydrogen-bond donors (Lipinski definition) is 3. The van der Waals surface area contributed by atoms with Crippen LogP contribution in [0.2, 0.25) is 0 Å². The van der Waals surface area contributed by atoms with E-state index in [1.54, 1.807) is 38.2 Å². The van der Waals surface area contributed by atoms with Crippen molar-refractivity contribution >= 4 is 34.8 Å². The summed E-state index contributed by atoms with van der Waals surface area (Å²) >= 11 is 1.48. The molecule has 0 aliphatic heterocycles. The smallest absolute Gasteiger partial charge is 0.411 e. The maximum absolute atomic E-state index is 12.1. The molecule has 0 bridgehead atoms. The predicted molar refractivity (Wildman–Crippen MR) is 94.5 cm³/mol. The van der Waals surface area contributed by atoms with Gasteiger partial charge in [-0.3, -0.25) is 5.32 Å². The van der Waals surface area contributed by atoms with Crippen molar-refractivity contribution in [3.63, 3.8) is 0 Å². The van der Waals surface area contributed by atoms with Crippen LogP contribution in [0.5, 0.6) is 0 Å². The Morgan fingerprint density at radius 2 is 2.00 bits per heavy atom. The van der Waals surface area contributed by atoms with Gasteiger partial charge in [-0.05, 0) is 38.5 Å². The van der Waals surface area contributed by atoms with Crippen LogP contribution in [0.1, 0.15) is 30.5 Å². The molecule has 3 N–H and O–H groups in total. The number of ether oxygens (including phenoxy) is 1. The lowest BCUT2D eigenvalue weighted by molar-refractivity contribution is 0.168. The van der Waals surface area contributed by atoms with Crippen LogP contribution in [-0.2, 0) is 4.74 Å². The molecule has 1 unspecified atom stereocenters. The number of nitrogens with one attached hydrogen (secondary N) is 3. The van der Waals surface area contributed by atoms with Gasteiger partial charge >= 0.3 is 12.1 Å². The van der Waals surface area contributed by atoms with Gasteiger partial charge in [-0.2, -0.15) is 0 Å². The summed E-state index contributed by atoms with van der Waals surface area (Å²) in [6.07, 6.45) is 1.17. The third kappa shape index (κ3) is 4.69. The number of rotatable bonds is 5. The zero-order valence-electron chi connectivity index (χ0n) is 13.8. The maximum atomic E-state index is 12.1. The Bertz CT molecular complexity index is 703. The number of aromatic nitrogens is 1. The minimum absolute atomic E-state index is 0.189. The quantitative estimate of drug-likeness (QED) is 0.764. The molecule has 1 heterocycles. The van der Waals surface area contributed by atoms with E-state index in [1.807, 2.05) is 12.3 Å². The van der Waals surface area contributed by atoms with Crippen LogP contribution >= 0.6 is 11.3 Å². The Morgan fingerprint density at radius 1 is 1.29 bits per heavy atom. The molecular weight excluding hydrogens is 328 g/mol. The van der Waals surface area contributed by atoms with Crippen LogP contribution in [0.15, 0.2) is 29.8 Å². The molecule has 0 aliphatic carbocycles. The molecule has 0 saturated heterocycles. The van der Waals surface area contributed by atoms with E-state index in [0.29, 0.717) is 18.0 Å². The fourth-order valence-corrected chi connectivity index (χ4v) is 2.69. The lowest BCUT2D eigenvalue weighted by Crippen LogP contribution is -2.31. The largest absolute Gasteiger partial charge is 0.450 e. The first-order valence-corrected chi connectivity index (χ1v) is 8.39. The molecule has 8 heteroatoms. The molecule has 2 aromatic rings. The predicted octanol–water partition coefficient (Wildman–Crippen LogP) is 3.90. The van der Waals surface area contributed by atoms with Gasteiger partial charge in [0.25, 0.3) is 0 Å². The molecule has 2 rings (SSSR count). The zero-order valence-corrected chi connectivity index (χ0v) is 14.6. The Labute approximate surface area is 144 Å². The fraction of sp³-hybridized carbons (Fsp3) is 0.312. The summed E-state index contributed by atoms with van der Waals surface area (Å²) in [5.74, 6) is 0. The van der Waals surface area contributed by atoms with Crippen molar-refractivity contribution < 1.29 is 14.3 Å². The van der Waals surface area contributed by atoms with Gasteiger partial charge < -0.3 is 15.4 Å². The van der Waals surface area contributed by atoms with Crippen LogP contribution in [0.25, 0.3) is 0 Å². The molecule has 3 amide bonds. The molecule has 1 aromatic carbocycles. The highest BCUT2D eigenvalue weighted by Gasteiger charge is 2.14. The number of benzene rings is 1. The number of anilines is 2. The first-order valence-electron chi connectivity index (χ1n) is 7.51. The fourth-order valence-electron chi connectivity index (χ4n) is 2.05. The molecular formula is C16H20N4O3S. The second kappa shape index (κ2) is 8.30. The maximum Gasteiger partial charge on any atom is 0.411 e. The van der Waals surface area contributed by atoms with Gasteiger partial charge in [0.1, 0.15) is 5.01 Å². The topological polar surface area (TPSA) is 92.4 Å². The van der Waals surface area contributed by atoms with E-state index in [1.165, 1.54) is 11.3 Å². The van der Waals surface area contributed by atoms with E-state index in [-0.39, 0.29) is 12.1 Å². The third-order valence-electron chi connectivity index (χ3n) is 3.26.